The largest absolute Gasteiger partial charge is 0.0876 e. The molecule has 0 aliphatic heterocycles. The van der Waals surface area contributed by atoms with E-state index in [0.29, 0.717) is 17.8 Å². The second-order valence-electron chi connectivity index (χ2n) is 33.7. The van der Waals surface area contributed by atoms with E-state index in [1.54, 1.807) is 22.3 Å². The number of allylic oxidation sites excluding steroid dienone is 19. The third kappa shape index (κ3) is 26.7. The first-order valence-corrected chi connectivity index (χ1v) is 44.9. The topological polar surface area (TPSA) is 0 Å². The summed E-state index contributed by atoms with van der Waals surface area (Å²) in [5, 5.41) is 0. The molecule has 0 fully saturated rings. The Kier molecular flexibility index (Phi) is 35.6. The van der Waals surface area contributed by atoms with Crippen LogP contribution < -0.4 is 0 Å². The normalized spacial score (nSPS) is 19.2. The molecule has 0 saturated heterocycles. The Morgan fingerprint density at radius 1 is 0.246 bits per heavy atom. The molecule has 10 aliphatic carbocycles. The van der Waals surface area contributed by atoms with Gasteiger partial charge in [0.25, 0.3) is 0 Å². The molecule has 6 atom stereocenters. The summed E-state index contributed by atoms with van der Waals surface area (Å²) in [6, 6.07) is 87.0. The Labute approximate surface area is 714 Å². The van der Waals surface area contributed by atoms with Crippen LogP contribution in [0.5, 0.6) is 0 Å². The minimum Gasteiger partial charge on any atom is -0.0876 e. The van der Waals surface area contributed by atoms with Crippen molar-refractivity contribution in [2.75, 3.05) is 0 Å². The van der Waals surface area contributed by atoms with Crippen molar-refractivity contribution in [3.05, 3.63) is 445 Å². The maximum Gasteiger partial charge on any atom is -0.000139 e. The maximum absolute atomic E-state index is 2.35. The number of benzene rings is 10. The average molecular weight is 1550 g/mol. The van der Waals surface area contributed by atoms with E-state index >= 15 is 0 Å². The first kappa shape index (κ1) is 88.2. The number of rotatable bonds is 0. The van der Waals surface area contributed by atoms with Crippen LogP contribution in [0.3, 0.4) is 0 Å². The Morgan fingerprint density at radius 3 is 1.36 bits per heavy atom. The van der Waals surface area contributed by atoms with Crippen molar-refractivity contribution in [3.8, 4) is 0 Å². The van der Waals surface area contributed by atoms with Crippen molar-refractivity contribution in [1.29, 1.82) is 0 Å². The van der Waals surface area contributed by atoms with Crippen LogP contribution in [0, 0.1) is 0 Å². The zero-order valence-electron chi connectivity index (χ0n) is 73.1. The van der Waals surface area contributed by atoms with Crippen LogP contribution in [0.15, 0.2) is 334 Å². The van der Waals surface area contributed by atoms with Gasteiger partial charge in [0.15, 0.2) is 0 Å². The van der Waals surface area contributed by atoms with Crippen LogP contribution >= 0.6 is 0 Å². The van der Waals surface area contributed by atoms with Crippen LogP contribution in [0.1, 0.15) is 299 Å². The highest BCUT2D eigenvalue weighted by Crippen LogP contribution is 2.35. The molecule has 0 radical (unpaired) electrons. The van der Waals surface area contributed by atoms with Crippen molar-refractivity contribution in [2.24, 2.45) is 0 Å². The Morgan fingerprint density at radius 2 is 0.695 bits per heavy atom. The molecule has 118 heavy (non-hydrogen) atoms. The monoisotopic (exact) mass is 1550 g/mol. The molecule has 0 aromatic heterocycles. The molecule has 606 valence electrons. The minimum absolute atomic E-state index is 0.538. The molecule has 0 heteroatoms. The highest BCUT2D eigenvalue weighted by Gasteiger charge is 2.18. The molecule has 6 unspecified atom stereocenters. The molecular weight excluding hydrogens is 1420 g/mol. The van der Waals surface area contributed by atoms with Gasteiger partial charge >= 0.3 is 0 Å². The van der Waals surface area contributed by atoms with E-state index in [0.717, 1.165) is 37.0 Å². The lowest BCUT2D eigenvalue weighted by Gasteiger charge is -2.21. The predicted octanol–water partition coefficient (Wildman–Crippen LogP) is 33.4. The Balaban J connectivity index is 0.000000129. The molecule has 0 nitrogen and oxygen atoms in total. The summed E-state index contributed by atoms with van der Waals surface area (Å²) in [6.07, 6.45) is 65.2. The second-order valence-corrected chi connectivity index (χ2v) is 33.7. The van der Waals surface area contributed by atoms with Gasteiger partial charge in [-0.2, -0.15) is 0 Å². The third-order valence-corrected chi connectivity index (χ3v) is 24.9. The molecule has 0 saturated carbocycles. The predicted molar refractivity (Wildman–Crippen MR) is 519 cm³/mol. The maximum atomic E-state index is 2.35. The van der Waals surface area contributed by atoms with Crippen molar-refractivity contribution in [3.63, 3.8) is 0 Å². The number of aryl methyl sites for hydroxylation is 5. The number of hydrogen-bond donors (Lipinski definition) is 0. The quantitative estimate of drug-likeness (QED) is 0.105. The van der Waals surface area contributed by atoms with Crippen molar-refractivity contribution in [2.45, 2.75) is 233 Å². The third-order valence-electron chi connectivity index (χ3n) is 24.9. The van der Waals surface area contributed by atoms with E-state index in [1.807, 2.05) is 0 Å². The van der Waals surface area contributed by atoms with Gasteiger partial charge in [0.1, 0.15) is 0 Å². The molecule has 10 aromatic carbocycles. The van der Waals surface area contributed by atoms with Gasteiger partial charge in [-0.05, 0) is 319 Å². The lowest BCUT2D eigenvalue weighted by Crippen LogP contribution is -2.05. The van der Waals surface area contributed by atoms with Crippen LogP contribution in [0.25, 0.3) is 40.5 Å². The summed E-state index contributed by atoms with van der Waals surface area (Å²) < 4.78 is 0. The van der Waals surface area contributed by atoms with E-state index in [1.165, 1.54) is 220 Å². The fourth-order valence-electron chi connectivity index (χ4n) is 17.9. The molecule has 0 amide bonds. The SMILES string of the molecule is CC1=CC=CCc2ccccc21.CC1=CCC=Cc2ccccc21.CC1=CCCCc2ccccc21.CC1=CCCc2ccccc21.CC1C=CC=Cc2ccccc21.CC1C=CCCc2ccccc21.CC1CC=CCc2ccccc21.CC1CCC=Cc2ccccc21.CC1CCCCc2ccccc21.CC1CCCc2ccccc21. The second kappa shape index (κ2) is 47.7. The van der Waals surface area contributed by atoms with E-state index in [2.05, 4.69) is 421 Å². The van der Waals surface area contributed by atoms with Gasteiger partial charge in [-0.15, -0.1) is 0 Å². The van der Waals surface area contributed by atoms with Gasteiger partial charge in [-0.3, -0.25) is 0 Å². The standard InChI is InChI=1S/C12H16.4C12H14.3C12H12.C11H14.C11H12/c8*1-10-6-2-3-7-11-8-4-5-9-12(10)11;2*1-9-5-4-7-10-6-2-3-8-11(9)10/h4-5,8-10H,2-3,6-7H2,1H3;4-6,8-9H,2-3,7H2,1H3;3-5,7-10H,2,6H2,1H3;2,4-6,8-10H,3,7H2,1H3;2-5,8-10H,6-7H2,1H3;3-9H,2H2,1H3;2-6,8-9H,7H2,1H3;2-10H,1H3;2-3,6,8-9H,4-5,7H2,1H3;2-3,5-6,8H,4,7H2,1H3. The molecule has 10 aliphatic rings. The molecule has 0 bridgehead atoms. The van der Waals surface area contributed by atoms with Gasteiger partial charge < -0.3 is 0 Å². The van der Waals surface area contributed by atoms with E-state index < -0.39 is 0 Å². The lowest BCUT2D eigenvalue weighted by atomic mass is 9.84. The zero-order chi connectivity index (χ0) is 82.5. The van der Waals surface area contributed by atoms with Crippen LogP contribution in [-0.4, -0.2) is 0 Å². The molecule has 20 rings (SSSR count). The highest BCUT2D eigenvalue weighted by molar-refractivity contribution is 5.75. The Hall–Kier alpha value is -10.7. The van der Waals surface area contributed by atoms with E-state index in [4.69, 9.17) is 0 Å². The Bertz CT molecular complexity index is 5140. The lowest BCUT2D eigenvalue weighted by molar-refractivity contribution is 0.590. The van der Waals surface area contributed by atoms with Gasteiger partial charge in [-0.25, -0.2) is 0 Å². The van der Waals surface area contributed by atoms with E-state index in [9.17, 15) is 0 Å². The zero-order valence-corrected chi connectivity index (χ0v) is 73.1. The molecule has 0 N–H and O–H groups in total. The molecule has 10 aromatic rings. The smallest absolute Gasteiger partial charge is 0.000139 e. The average Bonchev–Trinajstić information content (AvgIpc) is 1.47. The van der Waals surface area contributed by atoms with Crippen molar-refractivity contribution >= 4 is 40.5 Å². The van der Waals surface area contributed by atoms with E-state index in [-0.39, 0.29) is 0 Å². The summed E-state index contributed by atoms with van der Waals surface area (Å²) >= 11 is 0. The molecular formula is C118H134. The summed E-state index contributed by atoms with van der Waals surface area (Å²) in [5.74, 6) is 4.12. The van der Waals surface area contributed by atoms with Crippen molar-refractivity contribution in [1.82, 2.24) is 0 Å². The number of fused-ring (bicyclic) bond motifs is 10. The van der Waals surface area contributed by atoms with Crippen LogP contribution in [0.2, 0.25) is 0 Å². The number of hydrogen-bond acceptors (Lipinski definition) is 0. The fourth-order valence-corrected chi connectivity index (χ4v) is 17.9. The van der Waals surface area contributed by atoms with Crippen LogP contribution in [-0.2, 0) is 44.9 Å². The summed E-state index contributed by atoms with van der Waals surface area (Å²) in [6.45, 7) is 22.5. The molecule has 0 spiro atoms. The fraction of sp³-hybridized carbons (Fsp3) is 0.305. The highest BCUT2D eigenvalue weighted by atomic mass is 14.2. The van der Waals surface area contributed by atoms with Gasteiger partial charge in [0.05, 0.1) is 0 Å². The summed E-state index contributed by atoms with van der Waals surface area (Å²) in [7, 11) is 0. The van der Waals surface area contributed by atoms with Crippen molar-refractivity contribution < 1.29 is 0 Å². The summed E-state index contributed by atoms with van der Waals surface area (Å²) in [4.78, 5) is 0. The molecule has 0 heterocycles. The first-order chi connectivity index (χ1) is 57.8. The minimum atomic E-state index is 0.538. The summed E-state index contributed by atoms with van der Waals surface area (Å²) in [5.41, 5.74) is 35.1. The van der Waals surface area contributed by atoms with Gasteiger partial charge in [0.2, 0.25) is 0 Å². The van der Waals surface area contributed by atoms with Gasteiger partial charge in [-0.1, -0.05) is 400 Å². The van der Waals surface area contributed by atoms with Crippen LogP contribution in [0.4, 0.5) is 0 Å². The first-order valence-electron chi connectivity index (χ1n) is 44.9. The van der Waals surface area contributed by atoms with Gasteiger partial charge in [0, 0.05) is 0 Å².